The summed E-state index contributed by atoms with van der Waals surface area (Å²) in [5.74, 6) is 0.465. The van der Waals surface area contributed by atoms with Crippen molar-refractivity contribution in [1.29, 1.82) is 0 Å². The number of nitrogens with zero attached hydrogens (tertiary/aromatic N) is 2. The summed E-state index contributed by atoms with van der Waals surface area (Å²) < 4.78 is 5.09. The van der Waals surface area contributed by atoms with Gasteiger partial charge < -0.3 is 14.7 Å². The van der Waals surface area contributed by atoms with Crippen molar-refractivity contribution in [3.63, 3.8) is 0 Å². The molecule has 3 heterocycles. The Kier molecular flexibility index (Phi) is 5.99. The number of amides is 1. The molecule has 3 aromatic heterocycles. The molecule has 3 rings (SSSR count). The predicted octanol–water partition coefficient (Wildman–Crippen LogP) is 4.42. The van der Waals surface area contributed by atoms with E-state index in [0.717, 1.165) is 17.6 Å². The number of carbonyl (C=O) groups is 1. The number of hydrogen-bond acceptors (Lipinski definition) is 4. The van der Waals surface area contributed by atoms with E-state index in [2.05, 4.69) is 20.3 Å². The van der Waals surface area contributed by atoms with E-state index in [4.69, 9.17) is 4.42 Å². The van der Waals surface area contributed by atoms with Crippen LogP contribution in [0.25, 0.3) is 22.6 Å². The minimum atomic E-state index is -0.157. The van der Waals surface area contributed by atoms with Gasteiger partial charge in [0.15, 0.2) is 5.65 Å². The lowest BCUT2D eigenvalue weighted by Crippen LogP contribution is -2.25. The van der Waals surface area contributed by atoms with Crippen LogP contribution in [0.2, 0.25) is 0 Å². The lowest BCUT2D eigenvalue weighted by molar-refractivity contribution is 0.0955. The smallest absolute Gasteiger partial charge is 0.253 e. The zero-order valence-corrected chi connectivity index (χ0v) is 15.4. The van der Waals surface area contributed by atoms with Crippen molar-refractivity contribution in [2.24, 2.45) is 0 Å². The van der Waals surface area contributed by atoms with Crippen LogP contribution in [0, 0.1) is 0 Å². The Balaban J connectivity index is 1.74. The van der Waals surface area contributed by atoms with Crippen LogP contribution < -0.4 is 5.32 Å². The first-order chi connectivity index (χ1) is 13.2. The number of aromatic amines is 1. The lowest BCUT2D eigenvalue weighted by atomic mass is 10.1. The van der Waals surface area contributed by atoms with Crippen LogP contribution >= 0.6 is 0 Å². The van der Waals surface area contributed by atoms with Crippen molar-refractivity contribution < 1.29 is 9.21 Å². The number of carbonyl (C=O) groups excluding carboxylic acids is 1. The van der Waals surface area contributed by atoms with Crippen LogP contribution in [0.3, 0.4) is 0 Å². The van der Waals surface area contributed by atoms with E-state index in [9.17, 15) is 4.79 Å². The number of aromatic nitrogens is 3. The Labute approximate surface area is 157 Å². The molecule has 0 spiro atoms. The SMILES string of the molecule is C\C=C/C(=C\C=C\C)CCNC(=O)c1ccnc2nc(-c3ccoc3)[nH]c12. The molecule has 0 radical (unpaired) electrons. The van der Waals surface area contributed by atoms with Crippen LogP contribution in [0.5, 0.6) is 0 Å². The highest BCUT2D eigenvalue weighted by Crippen LogP contribution is 2.21. The molecule has 138 valence electrons. The van der Waals surface area contributed by atoms with Gasteiger partial charge >= 0.3 is 0 Å². The molecule has 2 N–H and O–H groups in total. The summed E-state index contributed by atoms with van der Waals surface area (Å²) in [7, 11) is 0. The highest BCUT2D eigenvalue weighted by atomic mass is 16.3. The van der Waals surface area contributed by atoms with E-state index in [-0.39, 0.29) is 5.91 Å². The van der Waals surface area contributed by atoms with Crippen LogP contribution in [0.15, 0.2) is 71.2 Å². The molecule has 0 fully saturated rings. The molecular formula is C21H22N4O2. The average molecular weight is 362 g/mol. The standard InChI is InChI=1S/C21H22N4O2/c1-3-5-7-15(6-4-2)8-11-23-21(26)17-9-12-22-20-18(17)24-19(25-20)16-10-13-27-14-16/h3-7,9-10,12-14H,8,11H2,1-2H3,(H,23,26)(H,22,24,25)/b5-3+,6-4-,15-7+. The molecule has 27 heavy (non-hydrogen) atoms. The van der Waals surface area contributed by atoms with Crippen LogP contribution in [-0.2, 0) is 0 Å². The molecule has 3 aromatic rings. The van der Waals surface area contributed by atoms with E-state index in [1.807, 2.05) is 44.2 Å². The number of allylic oxidation sites excluding steroid dienone is 5. The quantitative estimate of drug-likeness (QED) is 0.610. The van der Waals surface area contributed by atoms with Crippen molar-refractivity contribution in [3.8, 4) is 11.4 Å². The zero-order chi connectivity index (χ0) is 19.1. The number of H-pyrrole nitrogens is 1. The number of imidazole rings is 1. The molecule has 0 aliphatic heterocycles. The van der Waals surface area contributed by atoms with E-state index < -0.39 is 0 Å². The largest absolute Gasteiger partial charge is 0.472 e. The molecular weight excluding hydrogens is 340 g/mol. The molecule has 0 aliphatic carbocycles. The second-order valence-electron chi connectivity index (χ2n) is 5.93. The van der Waals surface area contributed by atoms with Crippen LogP contribution in [0.4, 0.5) is 0 Å². The van der Waals surface area contributed by atoms with Gasteiger partial charge in [-0.05, 0) is 38.0 Å². The molecule has 0 aliphatic rings. The number of pyridine rings is 1. The molecule has 6 heteroatoms. The average Bonchev–Trinajstić information content (AvgIpc) is 3.34. The maximum atomic E-state index is 12.7. The van der Waals surface area contributed by atoms with E-state index >= 15 is 0 Å². The number of rotatable bonds is 7. The molecule has 0 aromatic carbocycles. The number of nitrogens with one attached hydrogen (secondary N) is 2. The number of furan rings is 1. The molecule has 0 atom stereocenters. The lowest BCUT2D eigenvalue weighted by Gasteiger charge is -2.06. The third kappa shape index (κ3) is 4.41. The summed E-state index contributed by atoms with van der Waals surface area (Å²) in [5, 5.41) is 2.97. The third-order valence-electron chi connectivity index (χ3n) is 4.01. The molecule has 1 amide bonds. The Morgan fingerprint density at radius 1 is 1.30 bits per heavy atom. The first-order valence-corrected chi connectivity index (χ1v) is 8.83. The van der Waals surface area contributed by atoms with Crippen molar-refractivity contribution in [2.75, 3.05) is 6.54 Å². The second kappa shape index (κ2) is 8.80. The maximum Gasteiger partial charge on any atom is 0.253 e. The Morgan fingerprint density at radius 2 is 2.19 bits per heavy atom. The molecule has 6 nitrogen and oxygen atoms in total. The number of hydrogen-bond donors (Lipinski definition) is 2. The van der Waals surface area contributed by atoms with Crippen molar-refractivity contribution in [2.45, 2.75) is 20.3 Å². The third-order valence-corrected chi connectivity index (χ3v) is 4.01. The minimum Gasteiger partial charge on any atom is -0.472 e. The van der Waals surface area contributed by atoms with Crippen molar-refractivity contribution >= 4 is 17.1 Å². The van der Waals surface area contributed by atoms with Gasteiger partial charge in [0.05, 0.1) is 22.9 Å². The van der Waals surface area contributed by atoms with E-state index in [1.165, 1.54) is 0 Å². The zero-order valence-electron chi connectivity index (χ0n) is 15.4. The molecule has 0 unspecified atom stereocenters. The summed E-state index contributed by atoms with van der Waals surface area (Å²) in [6, 6.07) is 3.49. The van der Waals surface area contributed by atoms with Crippen LogP contribution in [0.1, 0.15) is 30.6 Å². The van der Waals surface area contributed by atoms with Crippen molar-refractivity contribution in [1.82, 2.24) is 20.3 Å². The normalized spacial score (nSPS) is 12.4. The topological polar surface area (TPSA) is 83.8 Å². The monoisotopic (exact) mass is 362 g/mol. The molecule has 0 saturated carbocycles. The van der Waals surface area contributed by atoms with E-state index in [0.29, 0.717) is 29.1 Å². The minimum absolute atomic E-state index is 0.157. The van der Waals surface area contributed by atoms with Gasteiger partial charge in [0.25, 0.3) is 5.91 Å². The Bertz CT molecular complexity index is 995. The summed E-state index contributed by atoms with van der Waals surface area (Å²) >= 11 is 0. The van der Waals surface area contributed by atoms with E-state index in [1.54, 1.807) is 30.9 Å². The van der Waals surface area contributed by atoms with Crippen molar-refractivity contribution in [3.05, 3.63) is 72.4 Å². The van der Waals surface area contributed by atoms with Gasteiger partial charge in [-0.25, -0.2) is 9.97 Å². The maximum absolute atomic E-state index is 12.7. The second-order valence-corrected chi connectivity index (χ2v) is 5.93. The predicted molar refractivity (Wildman–Crippen MR) is 106 cm³/mol. The molecule has 0 saturated heterocycles. The van der Waals surface area contributed by atoms with Gasteiger partial charge in [0.2, 0.25) is 0 Å². The summed E-state index contributed by atoms with van der Waals surface area (Å²) in [4.78, 5) is 24.5. The summed E-state index contributed by atoms with van der Waals surface area (Å²) in [5.41, 5.74) is 3.60. The highest BCUT2D eigenvalue weighted by molar-refractivity contribution is 6.04. The summed E-state index contributed by atoms with van der Waals surface area (Å²) in [6.07, 6.45) is 15.6. The van der Waals surface area contributed by atoms with Gasteiger partial charge in [-0.1, -0.05) is 30.4 Å². The first kappa shape index (κ1) is 18.4. The van der Waals surface area contributed by atoms with Gasteiger partial charge in [-0.3, -0.25) is 4.79 Å². The Morgan fingerprint density at radius 3 is 2.93 bits per heavy atom. The van der Waals surface area contributed by atoms with Gasteiger partial charge in [0.1, 0.15) is 12.1 Å². The fraction of sp³-hybridized carbons (Fsp3) is 0.190. The molecule has 0 bridgehead atoms. The fourth-order valence-electron chi connectivity index (χ4n) is 2.71. The van der Waals surface area contributed by atoms with Crippen LogP contribution in [-0.4, -0.2) is 27.4 Å². The number of fused-ring (bicyclic) bond motifs is 1. The van der Waals surface area contributed by atoms with Gasteiger partial charge in [0, 0.05) is 12.7 Å². The fourth-order valence-corrected chi connectivity index (χ4v) is 2.71. The van der Waals surface area contributed by atoms with Gasteiger partial charge in [-0.15, -0.1) is 0 Å². The summed E-state index contributed by atoms with van der Waals surface area (Å²) in [6.45, 7) is 4.49. The first-order valence-electron chi connectivity index (χ1n) is 8.83. The Hall–Kier alpha value is -3.41. The highest BCUT2D eigenvalue weighted by Gasteiger charge is 2.15. The van der Waals surface area contributed by atoms with Gasteiger partial charge in [-0.2, -0.15) is 0 Å².